The Hall–Kier alpha value is -1.11. The summed E-state index contributed by atoms with van der Waals surface area (Å²) in [5.74, 6) is 1.64. The van der Waals surface area contributed by atoms with Crippen LogP contribution < -0.4 is 4.74 Å². The molecule has 0 saturated carbocycles. The Balaban J connectivity index is 1.83. The molecule has 134 valence electrons. The predicted molar refractivity (Wildman–Crippen MR) is 95.1 cm³/mol. The highest BCUT2D eigenvalue weighted by atomic mass is 32.2. The Morgan fingerprint density at radius 3 is 2.29 bits per heavy atom. The third kappa shape index (κ3) is 3.46. The van der Waals surface area contributed by atoms with Gasteiger partial charge in [0.15, 0.2) is 0 Å². The number of ether oxygens (including phenoxy) is 1. The van der Waals surface area contributed by atoms with Gasteiger partial charge in [0, 0.05) is 19.6 Å². The van der Waals surface area contributed by atoms with Gasteiger partial charge in [-0.3, -0.25) is 0 Å². The number of hydrogen-bond acceptors (Lipinski definition) is 3. The Morgan fingerprint density at radius 2 is 1.71 bits per heavy atom. The fourth-order valence-corrected chi connectivity index (χ4v) is 6.21. The number of hydrogen-bond donors (Lipinski definition) is 0. The van der Waals surface area contributed by atoms with Crippen LogP contribution in [0, 0.1) is 11.8 Å². The highest BCUT2D eigenvalue weighted by Gasteiger charge is 2.40. The van der Waals surface area contributed by atoms with Crippen LogP contribution >= 0.6 is 0 Å². The lowest BCUT2D eigenvalue weighted by atomic mass is 9.94. The summed E-state index contributed by atoms with van der Waals surface area (Å²) in [5, 5.41) is 0. The second kappa shape index (κ2) is 7.02. The predicted octanol–water partition coefficient (Wildman–Crippen LogP) is 3.05. The smallest absolute Gasteiger partial charge is 0.282 e. The third-order valence-electron chi connectivity index (χ3n) is 5.16. The van der Waals surface area contributed by atoms with Gasteiger partial charge in [0.05, 0.1) is 13.2 Å². The van der Waals surface area contributed by atoms with E-state index < -0.39 is 10.2 Å². The first-order valence-corrected chi connectivity index (χ1v) is 10.2. The number of piperidine rings is 1. The van der Waals surface area contributed by atoms with E-state index in [2.05, 4.69) is 13.8 Å². The largest absolute Gasteiger partial charge is 0.497 e. The van der Waals surface area contributed by atoms with E-state index in [-0.39, 0.29) is 6.04 Å². The zero-order chi connectivity index (χ0) is 17.3. The lowest BCUT2D eigenvalue weighted by Crippen LogP contribution is -2.49. The van der Waals surface area contributed by atoms with Gasteiger partial charge in [0.1, 0.15) is 5.75 Å². The molecule has 1 aromatic rings. The average molecular weight is 353 g/mol. The summed E-state index contributed by atoms with van der Waals surface area (Å²) >= 11 is 0. The van der Waals surface area contributed by atoms with E-state index in [1.165, 1.54) is 0 Å². The summed E-state index contributed by atoms with van der Waals surface area (Å²) in [6.07, 6.45) is 2.90. The quantitative estimate of drug-likeness (QED) is 0.837. The molecule has 0 aromatic heterocycles. The lowest BCUT2D eigenvalue weighted by molar-refractivity contribution is 0.207. The molecule has 0 aliphatic carbocycles. The van der Waals surface area contributed by atoms with Crippen LogP contribution in [0.3, 0.4) is 0 Å². The van der Waals surface area contributed by atoms with Gasteiger partial charge < -0.3 is 4.74 Å². The fraction of sp³-hybridized carbons (Fsp3) is 0.667. The standard InChI is InChI=1S/C18H28N2O3S/c1-14-11-15(2)13-19(12-14)24(21,22)20-10-4-5-18(20)16-6-8-17(23-3)9-7-16/h6-9,14-15,18H,4-5,10-13H2,1-3H3/t14-,15+,18-/m0/s1. The molecule has 2 heterocycles. The molecular weight excluding hydrogens is 324 g/mol. The second-order valence-corrected chi connectivity index (χ2v) is 9.19. The first kappa shape index (κ1) is 17.7. The van der Waals surface area contributed by atoms with Crippen molar-refractivity contribution in [2.24, 2.45) is 11.8 Å². The Morgan fingerprint density at radius 1 is 1.08 bits per heavy atom. The van der Waals surface area contributed by atoms with E-state index in [1.54, 1.807) is 15.7 Å². The van der Waals surface area contributed by atoms with Crippen molar-refractivity contribution in [3.8, 4) is 5.75 Å². The van der Waals surface area contributed by atoms with Crippen LogP contribution in [0.15, 0.2) is 24.3 Å². The molecule has 2 aliphatic heterocycles. The van der Waals surface area contributed by atoms with Crippen molar-refractivity contribution in [3.63, 3.8) is 0 Å². The van der Waals surface area contributed by atoms with Crippen LogP contribution in [0.5, 0.6) is 5.75 Å². The molecule has 3 rings (SSSR count). The molecule has 1 aromatic carbocycles. The van der Waals surface area contributed by atoms with E-state index in [9.17, 15) is 8.42 Å². The number of rotatable bonds is 4. The van der Waals surface area contributed by atoms with Crippen LogP contribution in [0.4, 0.5) is 0 Å². The minimum Gasteiger partial charge on any atom is -0.497 e. The molecule has 24 heavy (non-hydrogen) atoms. The average Bonchev–Trinajstić information content (AvgIpc) is 3.04. The van der Waals surface area contributed by atoms with Gasteiger partial charge in [-0.2, -0.15) is 17.0 Å². The molecule has 0 bridgehead atoms. The summed E-state index contributed by atoms with van der Waals surface area (Å²) in [4.78, 5) is 0. The van der Waals surface area contributed by atoms with Crippen molar-refractivity contribution in [2.45, 2.75) is 39.2 Å². The van der Waals surface area contributed by atoms with Gasteiger partial charge >= 0.3 is 0 Å². The SMILES string of the molecule is COc1ccc([C@@H]2CCCN2S(=O)(=O)N2C[C@H](C)C[C@H](C)C2)cc1. The molecule has 0 radical (unpaired) electrons. The van der Waals surface area contributed by atoms with Gasteiger partial charge in [0.25, 0.3) is 10.2 Å². The first-order chi connectivity index (χ1) is 11.4. The summed E-state index contributed by atoms with van der Waals surface area (Å²) in [6.45, 7) is 6.17. The molecule has 0 N–H and O–H groups in total. The van der Waals surface area contributed by atoms with Crippen LogP contribution in [-0.2, 0) is 10.2 Å². The summed E-state index contributed by atoms with van der Waals surface area (Å²) < 4.78 is 35.0. The van der Waals surface area contributed by atoms with Crippen molar-refractivity contribution in [1.82, 2.24) is 8.61 Å². The topological polar surface area (TPSA) is 49.9 Å². The van der Waals surface area contributed by atoms with Crippen molar-refractivity contribution in [1.29, 1.82) is 0 Å². The molecule has 2 aliphatic rings. The van der Waals surface area contributed by atoms with Crippen LogP contribution in [0.2, 0.25) is 0 Å². The third-order valence-corrected chi connectivity index (χ3v) is 7.14. The molecule has 2 saturated heterocycles. The maximum Gasteiger partial charge on any atom is 0.282 e. The second-order valence-electron chi connectivity index (χ2n) is 7.31. The molecule has 3 atom stereocenters. The Kier molecular flexibility index (Phi) is 5.18. The van der Waals surface area contributed by atoms with E-state index >= 15 is 0 Å². The van der Waals surface area contributed by atoms with Gasteiger partial charge in [-0.05, 0) is 48.8 Å². The van der Waals surface area contributed by atoms with Crippen LogP contribution in [-0.4, -0.2) is 43.8 Å². The van der Waals surface area contributed by atoms with Gasteiger partial charge in [-0.15, -0.1) is 0 Å². The maximum atomic E-state index is 13.2. The monoisotopic (exact) mass is 352 g/mol. The zero-order valence-corrected chi connectivity index (χ0v) is 15.6. The van der Waals surface area contributed by atoms with Crippen molar-refractivity contribution in [2.75, 3.05) is 26.7 Å². The van der Waals surface area contributed by atoms with Gasteiger partial charge in [-0.1, -0.05) is 26.0 Å². The van der Waals surface area contributed by atoms with Crippen LogP contribution in [0.1, 0.15) is 44.7 Å². The molecule has 2 fully saturated rings. The first-order valence-electron chi connectivity index (χ1n) is 8.82. The Bertz CT molecular complexity index is 649. The van der Waals surface area contributed by atoms with E-state index in [4.69, 9.17) is 4.74 Å². The molecule has 6 heteroatoms. The van der Waals surface area contributed by atoms with E-state index in [0.717, 1.165) is 30.6 Å². The van der Waals surface area contributed by atoms with Crippen LogP contribution in [0.25, 0.3) is 0 Å². The van der Waals surface area contributed by atoms with E-state index in [1.807, 2.05) is 24.3 Å². The lowest BCUT2D eigenvalue weighted by Gasteiger charge is -2.37. The van der Waals surface area contributed by atoms with Crippen molar-refractivity contribution >= 4 is 10.2 Å². The van der Waals surface area contributed by atoms with Crippen molar-refractivity contribution in [3.05, 3.63) is 29.8 Å². The highest BCUT2D eigenvalue weighted by Crippen LogP contribution is 2.37. The molecule has 5 nitrogen and oxygen atoms in total. The normalized spacial score (nSPS) is 29.7. The number of nitrogens with zero attached hydrogens (tertiary/aromatic N) is 2. The molecule has 0 spiro atoms. The van der Waals surface area contributed by atoms with Gasteiger partial charge in [0.2, 0.25) is 0 Å². The molecule has 0 unspecified atom stereocenters. The van der Waals surface area contributed by atoms with E-state index in [0.29, 0.717) is 31.5 Å². The maximum absolute atomic E-state index is 13.2. The highest BCUT2D eigenvalue weighted by molar-refractivity contribution is 7.86. The fourth-order valence-electron chi connectivity index (χ4n) is 4.12. The summed E-state index contributed by atoms with van der Waals surface area (Å²) in [5.41, 5.74) is 1.05. The summed E-state index contributed by atoms with van der Waals surface area (Å²) in [6, 6.07) is 7.72. The molecular formula is C18H28N2O3S. The molecule has 0 amide bonds. The minimum atomic E-state index is -3.41. The Labute approximate surface area is 145 Å². The number of benzene rings is 1. The minimum absolute atomic E-state index is 0.0616. The number of methoxy groups -OCH3 is 1. The zero-order valence-electron chi connectivity index (χ0n) is 14.8. The van der Waals surface area contributed by atoms with Gasteiger partial charge in [-0.25, -0.2) is 0 Å². The van der Waals surface area contributed by atoms with Crippen molar-refractivity contribution < 1.29 is 13.2 Å². The summed E-state index contributed by atoms with van der Waals surface area (Å²) in [7, 11) is -1.77.